The van der Waals surface area contributed by atoms with Crippen LogP contribution in [0.4, 0.5) is 0 Å². The molecule has 3 aromatic carbocycles. The number of likely N-dealkylation sites (tertiary alicyclic amines) is 1. The fourth-order valence-electron chi connectivity index (χ4n) is 4.64. The largest absolute Gasteiger partial charge is 0.497 e. The first-order chi connectivity index (χ1) is 16.8. The quantitative estimate of drug-likeness (QED) is 0.447. The number of rotatable bonds is 6. The SMILES string of the molecule is COc1ccc2ccc(S(=O)(=O)N(C)C3CCN(Cc4cccc5[nH]c(=O)ccc45)C3=O)cc2c1. The lowest BCUT2D eigenvalue weighted by molar-refractivity contribution is -0.131. The van der Waals surface area contributed by atoms with Gasteiger partial charge in [-0.3, -0.25) is 9.59 Å². The van der Waals surface area contributed by atoms with Gasteiger partial charge in [-0.05, 0) is 59.2 Å². The van der Waals surface area contributed by atoms with Crippen molar-refractivity contribution < 1.29 is 17.9 Å². The molecular weight excluding hydrogens is 466 g/mol. The second-order valence-electron chi connectivity index (χ2n) is 8.66. The number of ether oxygens (including phenoxy) is 1. The van der Waals surface area contributed by atoms with Gasteiger partial charge in [-0.2, -0.15) is 4.31 Å². The average molecular weight is 492 g/mol. The summed E-state index contributed by atoms with van der Waals surface area (Å²) in [6.07, 6.45) is 0.400. The van der Waals surface area contributed by atoms with E-state index in [2.05, 4.69) is 4.98 Å². The number of pyridine rings is 1. The van der Waals surface area contributed by atoms with Gasteiger partial charge in [0.1, 0.15) is 11.8 Å². The van der Waals surface area contributed by atoms with E-state index in [1.54, 1.807) is 42.3 Å². The zero-order chi connectivity index (χ0) is 24.7. The number of amides is 1. The van der Waals surface area contributed by atoms with Crippen LogP contribution in [0.3, 0.4) is 0 Å². The van der Waals surface area contributed by atoms with E-state index >= 15 is 0 Å². The fourth-order valence-corrected chi connectivity index (χ4v) is 6.02. The molecule has 0 spiro atoms. The van der Waals surface area contributed by atoms with Crippen molar-refractivity contribution in [2.75, 3.05) is 20.7 Å². The van der Waals surface area contributed by atoms with E-state index in [-0.39, 0.29) is 16.4 Å². The number of benzene rings is 3. The topological polar surface area (TPSA) is 99.8 Å². The Kier molecular flexibility index (Phi) is 5.82. The minimum Gasteiger partial charge on any atom is -0.497 e. The maximum atomic E-state index is 13.4. The highest BCUT2D eigenvalue weighted by Gasteiger charge is 2.39. The highest BCUT2D eigenvalue weighted by atomic mass is 32.2. The predicted octanol–water partition coefficient (Wildman–Crippen LogP) is 3.11. The molecule has 8 nitrogen and oxygen atoms in total. The molecule has 180 valence electrons. The van der Waals surface area contributed by atoms with Crippen LogP contribution in [0.1, 0.15) is 12.0 Å². The van der Waals surface area contributed by atoms with Crippen LogP contribution < -0.4 is 10.3 Å². The summed E-state index contributed by atoms with van der Waals surface area (Å²) in [4.78, 5) is 29.5. The standard InChI is InChI=1S/C26H25N3O5S/c1-28(35(32,33)21-9-7-17-6-8-20(34-2)14-19(17)15-21)24-12-13-29(26(24)31)16-18-4-3-5-23-22(18)10-11-25(30)27-23/h3-11,14-15,24H,12-13,16H2,1-2H3,(H,27,30). The number of hydrogen-bond donors (Lipinski definition) is 1. The Morgan fingerprint density at radius 3 is 2.63 bits per heavy atom. The van der Waals surface area contributed by atoms with Gasteiger partial charge in [0.25, 0.3) is 0 Å². The molecule has 1 fully saturated rings. The molecule has 0 saturated carbocycles. The second kappa shape index (κ2) is 8.83. The molecule has 0 radical (unpaired) electrons. The van der Waals surface area contributed by atoms with Crippen LogP contribution in [0.25, 0.3) is 21.7 Å². The van der Waals surface area contributed by atoms with Gasteiger partial charge in [-0.1, -0.05) is 24.3 Å². The van der Waals surface area contributed by atoms with Crippen molar-refractivity contribution in [3.05, 3.63) is 82.6 Å². The van der Waals surface area contributed by atoms with Crippen molar-refractivity contribution >= 4 is 37.6 Å². The summed E-state index contributed by atoms with van der Waals surface area (Å²) < 4.78 is 33.3. The number of aromatic nitrogens is 1. The van der Waals surface area contributed by atoms with Crippen LogP contribution in [0.2, 0.25) is 0 Å². The molecule has 9 heteroatoms. The molecule has 2 heterocycles. The van der Waals surface area contributed by atoms with Crippen molar-refractivity contribution in [2.24, 2.45) is 0 Å². The third-order valence-corrected chi connectivity index (χ3v) is 8.48. The summed E-state index contributed by atoms with van der Waals surface area (Å²) in [6, 6.07) is 18.4. The van der Waals surface area contributed by atoms with E-state index in [4.69, 9.17) is 4.74 Å². The monoisotopic (exact) mass is 491 g/mol. The number of likely N-dealkylation sites (N-methyl/N-ethyl adjacent to an activating group) is 1. The van der Waals surface area contributed by atoms with E-state index in [1.165, 1.54) is 17.4 Å². The first-order valence-electron chi connectivity index (χ1n) is 11.2. The normalized spacial score (nSPS) is 16.5. The van der Waals surface area contributed by atoms with Gasteiger partial charge in [-0.25, -0.2) is 8.42 Å². The number of hydrogen-bond acceptors (Lipinski definition) is 5. The summed E-state index contributed by atoms with van der Waals surface area (Å²) in [5, 5.41) is 2.50. The van der Waals surface area contributed by atoms with Crippen LogP contribution in [0, 0.1) is 0 Å². The lowest BCUT2D eigenvalue weighted by atomic mass is 10.1. The Labute approximate surface area is 202 Å². The van der Waals surface area contributed by atoms with Crippen molar-refractivity contribution in [3.8, 4) is 5.75 Å². The molecule has 4 aromatic rings. The van der Waals surface area contributed by atoms with Gasteiger partial charge in [0, 0.05) is 37.1 Å². The average Bonchev–Trinajstić information content (AvgIpc) is 3.22. The highest BCUT2D eigenvalue weighted by molar-refractivity contribution is 7.89. The Morgan fingerprint density at radius 2 is 1.83 bits per heavy atom. The van der Waals surface area contributed by atoms with Crippen molar-refractivity contribution in [2.45, 2.75) is 23.9 Å². The highest BCUT2D eigenvalue weighted by Crippen LogP contribution is 2.29. The molecule has 5 rings (SSSR count). The first kappa shape index (κ1) is 23.1. The van der Waals surface area contributed by atoms with Gasteiger partial charge >= 0.3 is 0 Å². The van der Waals surface area contributed by atoms with Crippen LogP contribution >= 0.6 is 0 Å². The zero-order valence-corrected chi connectivity index (χ0v) is 20.2. The maximum absolute atomic E-state index is 13.4. The Hall–Kier alpha value is -3.69. The fraction of sp³-hybridized carbons (Fsp3) is 0.231. The van der Waals surface area contributed by atoms with Crippen LogP contribution in [0.5, 0.6) is 5.75 Å². The molecule has 1 aliphatic heterocycles. The number of methoxy groups -OCH3 is 1. The molecule has 1 saturated heterocycles. The lowest BCUT2D eigenvalue weighted by Gasteiger charge is -2.24. The van der Waals surface area contributed by atoms with Crippen LogP contribution in [-0.4, -0.2) is 55.3 Å². The molecular formula is C26H25N3O5S. The Morgan fingerprint density at radius 1 is 1.03 bits per heavy atom. The second-order valence-corrected chi connectivity index (χ2v) is 10.7. The third-order valence-electron chi connectivity index (χ3n) is 6.62. The van der Waals surface area contributed by atoms with Crippen molar-refractivity contribution in [1.29, 1.82) is 0 Å². The van der Waals surface area contributed by atoms with Gasteiger partial charge in [0.2, 0.25) is 21.5 Å². The van der Waals surface area contributed by atoms with Crippen LogP contribution in [-0.2, 0) is 21.4 Å². The van der Waals surface area contributed by atoms with E-state index in [1.807, 2.05) is 30.3 Å². The number of carbonyl (C=O) groups is 1. The Bertz CT molecular complexity index is 1610. The number of nitrogens with zero attached hydrogens (tertiary/aromatic N) is 2. The summed E-state index contributed by atoms with van der Waals surface area (Å²) in [7, 11) is -0.879. The molecule has 35 heavy (non-hydrogen) atoms. The van der Waals surface area contributed by atoms with Gasteiger partial charge < -0.3 is 14.6 Å². The van der Waals surface area contributed by atoms with E-state index in [0.29, 0.717) is 30.8 Å². The number of nitrogens with one attached hydrogen (secondary N) is 1. The molecule has 1 unspecified atom stereocenters. The zero-order valence-electron chi connectivity index (χ0n) is 19.4. The van der Waals surface area contributed by atoms with Gasteiger partial charge in [-0.15, -0.1) is 0 Å². The number of carbonyl (C=O) groups excluding carboxylic acids is 1. The maximum Gasteiger partial charge on any atom is 0.248 e. The molecule has 0 bridgehead atoms. The smallest absolute Gasteiger partial charge is 0.248 e. The summed E-state index contributed by atoms with van der Waals surface area (Å²) in [5.74, 6) is 0.402. The number of H-pyrrole nitrogens is 1. The number of sulfonamides is 1. The minimum atomic E-state index is -3.90. The molecule has 1 N–H and O–H groups in total. The first-order valence-corrected chi connectivity index (χ1v) is 12.7. The van der Waals surface area contributed by atoms with Gasteiger partial charge in [0.15, 0.2) is 0 Å². The summed E-state index contributed by atoms with van der Waals surface area (Å²) in [6.45, 7) is 0.778. The number of fused-ring (bicyclic) bond motifs is 2. The summed E-state index contributed by atoms with van der Waals surface area (Å²) >= 11 is 0. The third kappa shape index (κ3) is 4.17. The number of aromatic amines is 1. The van der Waals surface area contributed by atoms with E-state index in [0.717, 1.165) is 21.7 Å². The molecule has 1 amide bonds. The summed E-state index contributed by atoms with van der Waals surface area (Å²) in [5.41, 5.74) is 1.40. The van der Waals surface area contributed by atoms with Gasteiger partial charge in [0.05, 0.1) is 12.0 Å². The predicted molar refractivity (Wildman–Crippen MR) is 134 cm³/mol. The van der Waals surface area contributed by atoms with E-state index in [9.17, 15) is 18.0 Å². The molecule has 1 aromatic heterocycles. The minimum absolute atomic E-state index is 0.130. The van der Waals surface area contributed by atoms with Crippen LogP contribution in [0.15, 0.2) is 76.4 Å². The Balaban J connectivity index is 1.39. The van der Waals surface area contributed by atoms with Crippen molar-refractivity contribution in [1.82, 2.24) is 14.2 Å². The van der Waals surface area contributed by atoms with E-state index < -0.39 is 16.1 Å². The molecule has 1 aliphatic rings. The molecule has 0 aliphatic carbocycles. The molecule has 1 atom stereocenters. The van der Waals surface area contributed by atoms with Crippen molar-refractivity contribution in [3.63, 3.8) is 0 Å². The lowest BCUT2D eigenvalue weighted by Crippen LogP contribution is -2.42.